The Morgan fingerprint density at radius 2 is 2.06 bits per heavy atom. The first kappa shape index (κ1) is 13.1. The summed E-state index contributed by atoms with van der Waals surface area (Å²) in [4.78, 5) is 2.30. The van der Waals surface area contributed by atoms with Crippen LogP contribution in [0, 0.1) is 6.92 Å². The summed E-state index contributed by atoms with van der Waals surface area (Å²) in [5, 5.41) is 10.6. The van der Waals surface area contributed by atoms with Gasteiger partial charge in [-0.3, -0.25) is 0 Å². The van der Waals surface area contributed by atoms with E-state index in [-0.39, 0.29) is 5.60 Å². The standard InChI is InChI=1S/C14H22O2S/c1-3-16-14(9-5-4-6-10-14)13(15)12-8-7-11(2)17-12/h7-8,13,15H,3-6,9-10H2,1-2H3. The van der Waals surface area contributed by atoms with E-state index in [0.717, 1.165) is 17.7 Å². The topological polar surface area (TPSA) is 29.5 Å². The van der Waals surface area contributed by atoms with E-state index in [9.17, 15) is 5.11 Å². The monoisotopic (exact) mass is 254 g/mol. The molecule has 0 aromatic carbocycles. The fraction of sp³-hybridized carbons (Fsp3) is 0.714. The normalized spacial score (nSPS) is 21.4. The molecule has 17 heavy (non-hydrogen) atoms. The fourth-order valence-corrected chi connectivity index (χ4v) is 3.76. The lowest BCUT2D eigenvalue weighted by Crippen LogP contribution is -2.41. The van der Waals surface area contributed by atoms with Crippen LogP contribution in [0.3, 0.4) is 0 Å². The molecule has 1 aliphatic rings. The largest absolute Gasteiger partial charge is 0.385 e. The molecule has 1 atom stereocenters. The first-order valence-corrected chi connectivity index (χ1v) is 7.38. The maximum atomic E-state index is 10.6. The molecule has 1 aromatic rings. The number of aryl methyl sites for hydroxylation is 1. The number of ether oxygens (including phenoxy) is 1. The highest BCUT2D eigenvalue weighted by Crippen LogP contribution is 2.43. The van der Waals surface area contributed by atoms with Crippen molar-refractivity contribution in [3.63, 3.8) is 0 Å². The second-order valence-electron chi connectivity index (χ2n) is 4.91. The van der Waals surface area contributed by atoms with Crippen LogP contribution in [0.2, 0.25) is 0 Å². The second kappa shape index (κ2) is 5.51. The van der Waals surface area contributed by atoms with Crippen molar-refractivity contribution in [2.24, 2.45) is 0 Å². The highest BCUT2D eigenvalue weighted by atomic mass is 32.1. The van der Waals surface area contributed by atoms with Crippen molar-refractivity contribution in [2.45, 2.75) is 57.7 Å². The van der Waals surface area contributed by atoms with Gasteiger partial charge in [-0.05, 0) is 38.8 Å². The lowest BCUT2D eigenvalue weighted by atomic mass is 9.80. The van der Waals surface area contributed by atoms with Crippen LogP contribution in [0.15, 0.2) is 12.1 Å². The number of hydrogen-bond acceptors (Lipinski definition) is 3. The number of thiophene rings is 1. The summed E-state index contributed by atoms with van der Waals surface area (Å²) >= 11 is 1.68. The molecule has 1 N–H and O–H groups in total. The predicted octanol–water partition coefficient (Wildman–Crippen LogP) is 3.83. The minimum absolute atomic E-state index is 0.329. The van der Waals surface area contributed by atoms with Crippen molar-refractivity contribution < 1.29 is 9.84 Å². The summed E-state index contributed by atoms with van der Waals surface area (Å²) < 4.78 is 5.95. The molecule has 1 aromatic heterocycles. The van der Waals surface area contributed by atoms with Crippen molar-refractivity contribution >= 4 is 11.3 Å². The summed E-state index contributed by atoms with van der Waals surface area (Å²) in [7, 11) is 0. The number of rotatable bonds is 4. The van der Waals surface area contributed by atoms with E-state index < -0.39 is 6.10 Å². The minimum atomic E-state index is -0.457. The van der Waals surface area contributed by atoms with E-state index in [4.69, 9.17) is 4.74 Å². The summed E-state index contributed by atoms with van der Waals surface area (Å²) in [5.74, 6) is 0. The maximum Gasteiger partial charge on any atom is 0.117 e. The number of aliphatic hydroxyl groups excluding tert-OH is 1. The lowest BCUT2D eigenvalue weighted by Gasteiger charge is -2.40. The van der Waals surface area contributed by atoms with Gasteiger partial charge in [0.05, 0.1) is 5.60 Å². The van der Waals surface area contributed by atoms with E-state index >= 15 is 0 Å². The van der Waals surface area contributed by atoms with Gasteiger partial charge in [0, 0.05) is 16.4 Å². The third kappa shape index (κ3) is 2.72. The Hall–Kier alpha value is -0.380. The molecule has 0 spiro atoms. The number of hydrogen-bond donors (Lipinski definition) is 1. The third-order valence-corrected chi connectivity index (χ3v) is 4.71. The maximum absolute atomic E-state index is 10.6. The lowest BCUT2D eigenvalue weighted by molar-refractivity contribution is -0.140. The van der Waals surface area contributed by atoms with Crippen LogP contribution in [0.4, 0.5) is 0 Å². The van der Waals surface area contributed by atoms with Crippen LogP contribution >= 0.6 is 11.3 Å². The molecule has 0 amide bonds. The van der Waals surface area contributed by atoms with Gasteiger partial charge in [0.25, 0.3) is 0 Å². The minimum Gasteiger partial charge on any atom is -0.385 e. The molecule has 1 saturated carbocycles. The van der Waals surface area contributed by atoms with E-state index in [0.29, 0.717) is 6.61 Å². The van der Waals surface area contributed by atoms with Gasteiger partial charge in [-0.2, -0.15) is 0 Å². The summed E-state index contributed by atoms with van der Waals surface area (Å²) in [6, 6.07) is 4.12. The molecule has 0 aliphatic heterocycles. The van der Waals surface area contributed by atoms with Crippen LogP contribution in [-0.4, -0.2) is 17.3 Å². The first-order valence-electron chi connectivity index (χ1n) is 6.56. The Morgan fingerprint density at radius 1 is 1.35 bits per heavy atom. The van der Waals surface area contributed by atoms with Crippen molar-refractivity contribution in [1.82, 2.24) is 0 Å². The smallest absolute Gasteiger partial charge is 0.117 e. The van der Waals surface area contributed by atoms with E-state index in [1.807, 2.05) is 13.0 Å². The van der Waals surface area contributed by atoms with E-state index in [2.05, 4.69) is 13.0 Å². The zero-order valence-electron chi connectivity index (χ0n) is 10.7. The quantitative estimate of drug-likeness (QED) is 0.885. The number of aliphatic hydroxyl groups is 1. The molecule has 2 nitrogen and oxygen atoms in total. The highest BCUT2D eigenvalue weighted by Gasteiger charge is 2.41. The molecule has 2 rings (SSSR count). The first-order chi connectivity index (χ1) is 8.18. The fourth-order valence-electron chi connectivity index (χ4n) is 2.79. The molecular formula is C14H22O2S. The van der Waals surface area contributed by atoms with Gasteiger partial charge in [-0.1, -0.05) is 19.3 Å². The molecule has 0 bridgehead atoms. The van der Waals surface area contributed by atoms with Gasteiger partial charge >= 0.3 is 0 Å². The molecule has 1 heterocycles. The summed E-state index contributed by atoms with van der Waals surface area (Å²) in [6.07, 6.45) is 5.12. The second-order valence-corrected chi connectivity index (χ2v) is 6.23. The molecule has 0 saturated heterocycles. The molecule has 96 valence electrons. The Labute approximate surface area is 108 Å². The Bertz CT molecular complexity index is 347. The SMILES string of the molecule is CCOC1(C(O)c2ccc(C)s2)CCCCC1. The van der Waals surface area contributed by atoms with Crippen LogP contribution in [0.25, 0.3) is 0 Å². The Morgan fingerprint density at radius 3 is 2.59 bits per heavy atom. The predicted molar refractivity (Wildman–Crippen MR) is 71.5 cm³/mol. The van der Waals surface area contributed by atoms with Crippen molar-refractivity contribution in [3.05, 3.63) is 21.9 Å². The van der Waals surface area contributed by atoms with Crippen LogP contribution < -0.4 is 0 Å². The van der Waals surface area contributed by atoms with Gasteiger partial charge < -0.3 is 9.84 Å². The average molecular weight is 254 g/mol. The van der Waals surface area contributed by atoms with E-state index in [1.54, 1.807) is 11.3 Å². The molecule has 1 aliphatic carbocycles. The molecular weight excluding hydrogens is 232 g/mol. The van der Waals surface area contributed by atoms with Gasteiger partial charge in [0.1, 0.15) is 6.10 Å². The van der Waals surface area contributed by atoms with Crippen LogP contribution in [0.5, 0.6) is 0 Å². The Kier molecular flexibility index (Phi) is 4.23. The molecule has 0 radical (unpaired) electrons. The van der Waals surface area contributed by atoms with Crippen molar-refractivity contribution in [3.8, 4) is 0 Å². The zero-order valence-corrected chi connectivity index (χ0v) is 11.6. The van der Waals surface area contributed by atoms with Gasteiger partial charge in [-0.15, -0.1) is 11.3 Å². The molecule has 1 unspecified atom stereocenters. The van der Waals surface area contributed by atoms with Crippen LogP contribution in [0.1, 0.15) is 54.9 Å². The van der Waals surface area contributed by atoms with Gasteiger partial charge in [0.15, 0.2) is 0 Å². The third-order valence-electron chi connectivity index (χ3n) is 3.66. The highest BCUT2D eigenvalue weighted by molar-refractivity contribution is 7.12. The average Bonchev–Trinajstić information content (AvgIpc) is 2.76. The van der Waals surface area contributed by atoms with Crippen molar-refractivity contribution in [1.29, 1.82) is 0 Å². The summed E-state index contributed by atoms with van der Waals surface area (Å²) in [6.45, 7) is 4.78. The molecule has 1 fully saturated rings. The zero-order chi connectivity index (χ0) is 12.3. The van der Waals surface area contributed by atoms with Gasteiger partial charge in [-0.25, -0.2) is 0 Å². The molecule has 3 heteroatoms. The van der Waals surface area contributed by atoms with Gasteiger partial charge in [0.2, 0.25) is 0 Å². The van der Waals surface area contributed by atoms with Crippen molar-refractivity contribution in [2.75, 3.05) is 6.61 Å². The summed E-state index contributed by atoms with van der Waals surface area (Å²) in [5.41, 5.74) is -0.329. The van der Waals surface area contributed by atoms with E-state index in [1.165, 1.54) is 24.1 Å². The van der Waals surface area contributed by atoms with Crippen LogP contribution in [-0.2, 0) is 4.74 Å². The Balaban J connectivity index is 2.20.